The molecule has 82 valence electrons. The molecule has 16 heavy (non-hydrogen) atoms. The van der Waals surface area contributed by atoms with Crippen molar-refractivity contribution < 1.29 is 9.90 Å². The summed E-state index contributed by atoms with van der Waals surface area (Å²) in [4.78, 5) is 14.7. The van der Waals surface area contributed by atoms with Crippen molar-refractivity contribution in [2.24, 2.45) is 0 Å². The monoisotopic (exact) mass is 235 g/mol. The second-order valence-corrected chi connectivity index (χ2v) is 3.90. The van der Waals surface area contributed by atoms with Gasteiger partial charge in [0.05, 0.1) is 17.1 Å². The molecule has 0 saturated carbocycles. The number of carboxylic acids is 1. The van der Waals surface area contributed by atoms with Crippen LogP contribution in [0.25, 0.3) is 10.8 Å². The van der Waals surface area contributed by atoms with Gasteiger partial charge < -0.3 is 5.11 Å². The first-order chi connectivity index (χ1) is 7.68. The highest BCUT2D eigenvalue weighted by Crippen LogP contribution is 2.26. The van der Waals surface area contributed by atoms with Crippen LogP contribution in [0.1, 0.15) is 12.1 Å². The first kappa shape index (κ1) is 10.9. The summed E-state index contributed by atoms with van der Waals surface area (Å²) >= 11 is 6.09. The number of nitrogens with zero attached hydrogens (tertiary/aromatic N) is 1. The van der Waals surface area contributed by atoms with Crippen LogP contribution in [0.4, 0.5) is 0 Å². The molecule has 0 aliphatic heterocycles. The zero-order valence-electron chi connectivity index (χ0n) is 8.48. The summed E-state index contributed by atoms with van der Waals surface area (Å²) in [6, 6.07) is 7.46. The Bertz CT molecular complexity index is 534. The third-order valence-corrected chi connectivity index (χ3v) is 2.71. The van der Waals surface area contributed by atoms with Crippen LogP contribution in [0.5, 0.6) is 0 Å². The van der Waals surface area contributed by atoms with Crippen LogP contribution in [-0.2, 0) is 11.2 Å². The van der Waals surface area contributed by atoms with E-state index in [9.17, 15) is 4.79 Å². The molecule has 0 aliphatic carbocycles. The molecule has 0 saturated heterocycles. The molecule has 0 radical (unpaired) electrons. The Morgan fingerprint density at radius 2 is 2.19 bits per heavy atom. The third-order valence-electron chi connectivity index (χ3n) is 2.39. The van der Waals surface area contributed by atoms with Gasteiger partial charge >= 0.3 is 5.97 Å². The zero-order chi connectivity index (χ0) is 11.5. The van der Waals surface area contributed by atoms with Crippen LogP contribution in [0.3, 0.4) is 0 Å². The second kappa shape index (κ2) is 4.49. The van der Waals surface area contributed by atoms with Crippen LogP contribution in [-0.4, -0.2) is 16.1 Å². The van der Waals surface area contributed by atoms with Crippen molar-refractivity contribution in [1.82, 2.24) is 4.98 Å². The highest BCUT2D eigenvalue weighted by atomic mass is 35.5. The van der Waals surface area contributed by atoms with Crippen molar-refractivity contribution in [1.29, 1.82) is 0 Å². The van der Waals surface area contributed by atoms with E-state index in [0.29, 0.717) is 11.4 Å². The lowest BCUT2D eigenvalue weighted by Gasteiger charge is -2.05. The summed E-state index contributed by atoms with van der Waals surface area (Å²) in [6.07, 6.45) is 2.14. The molecule has 0 amide bonds. The van der Waals surface area contributed by atoms with Crippen molar-refractivity contribution in [2.45, 2.75) is 12.8 Å². The number of hydrogen-bond acceptors (Lipinski definition) is 2. The van der Waals surface area contributed by atoms with Crippen LogP contribution in [0.15, 0.2) is 30.5 Å². The fourth-order valence-corrected chi connectivity index (χ4v) is 1.96. The Morgan fingerprint density at radius 1 is 1.38 bits per heavy atom. The second-order valence-electron chi connectivity index (χ2n) is 3.49. The van der Waals surface area contributed by atoms with Crippen LogP contribution in [0, 0.1) is 0 Å². The van der Waals surface area contributed by atoms with Gasteiger partial charge in [-0.1, -0.05) is 23.7 Å². The van der Waals surface area contributed by atoms with Gasteiger partial charge in [0.25, 0.3) is 0 Å². The SMILES string of the molecule is O=C(O)CCc1nccc2cccc(Cl)c12. The Morgan fingerprint density at radius 3 is 2.94 bits per heavy atom. The molecule has 0 fully saturated rings. The van der Waals surface area contributed by atoms with Crippen molar-refractivity contribution in [3.63, 3.8) is 0 Å². The summed E-state index contributed by atoms with van der Waals surface area (Å²) in [5.74, 6) is -0.828. The van der Waals surface area contributed by atoms with E-state index in [4.69, 9.17) is 16.7 Å². The van der Waals surface area contributed by atoms with Gasteiger partial charge in [-0.15, -0.1) is 0 Å². The lowest BCUT2D eigenvalue weighted by Crippen LogP contribution is -2.00. The fraction of sp³-hybridized carbons (Fsp3) is 0.167. The molecule has 0 aliphatic rings. The zero-order valence-corrected chi connectivity index (χ0v) is 9.24. The van der Waals surface area contributed by atoms with E-state index in [-0.39, 0.29) is 6.42 Å². The van der Waals surface area contributed by atoms with Crippen molar-refractivity contribution in [3.8, 4) is 0 Å². The minimum atomic E-state index is -0.828. The molecule has 3 nitrogen and oxygen atoms in total. The molecule has 1 aromatic heterocycles. The van der Waals surface area contributed by atoms with E-state index >= 15 is 0 Å². The maximum absolute atomic E-state index is 10.5. The molecule has 0 bridgehead atoms. The maximum atomic E-state index is 10.5. The first-order valence-corrected chi connectivity index (χ1v) is 5.30. The van der Waals surface area contributed by atoms with Gasteiger partial charge in [-0.25, -0.2) is 0 Å². The standard InChI is InChI=1S/C12H10ClNO2/c13-9-3-1-2-8-6-7-14-10(12(8)9)4-5-11(15)16/h1-3,6-7H,4-5H2,(H,15,16). The van der Waals surface area contributed by atoms with Gasteiger partial charge in [-0.3, -0.25) is 9.78 Å². The van der Waals surface area contributed by atoms with Gasteiger partial charge in [-0.2, -0.15) is 0 Å². The normalized spacial score (nSPS) is 10.6. The molecule has 2 aromatic rings. The predicted octanol–water partition coefficient (Wildman–Crippen LogP) is 2.91. The molecule has 0 unspecified atom stereocenters. The number of halogens is 1. The fourth-order valence-electron chi connectivity index (χ4n) is 1.67. The molecule has 1 aromatic carbocycles. The number of fused-ring (bicyclic) bond motifs is 1. The molecule has 1 heterocycles. The maximum Gasteiger partial charge on any atom is 0.303 e. The molecular formula is C12H10ClNO2. The minimum Gasteiger partial charge on any atom is -0.481 e. The van der Waals surface area contributed by atoms with Gasteiger partial charge in [0.1, 0.15) is 0 Å². The largest absolute Gasteiger partial charge is 0.481 e. The summed E-state index contributed by atoms with van der Waals surface area (Å²) < 4.78 is 0. The average molecular weight is 236 g/mol. The minimum absolute atomic E-state index is 0.0668. The third kappa shape index (κ3) is 2.14. The van der Waals surface area contributed by atoms with E-state index in [1.165, 1.54) is 0 Å². The van der Waals surface area contributed by atoms with Gasteiger partial charge in [0.2, 0.25) is 0 Å². The summed E-state index contributed by atoms with van der Waals surface area (Å²) in [5, 5.41) is 11.1. The molecule has 4 heteroatoms. The van der Waals surface area contributed by atoms with Gasteiger partial charge in [-0.05, 0) is 17.5 Å². The number of carbonyl (C=O) groups is 1. The van der Waals surface area contributed by atoms with Gasteiger partial charge in [0, 0.05) is 18.0 Å². The quantitative estimate of drug-likeness (QED) is 0.890. The van der Waals surface area contributed by atoms with Crippen molar-refractivity contribution >= 4 is 28.3 Å². The lowest BCUT2D eigenvalue weighted by atomic mass is 10.1. The number of aliphatic carboxylic acids is 1. The van der Waals surface area contributed by atoms with E-state index in [1.807, 2.05) is 18.2 Å². The van der Waals surface area contributed by atoms with Crippen molar-refractivity contribution in [3.05, 3.63) is 41.2 Å². The Hall–Kier alpha value is -1.61. The van der Waals surface area contributed by atoms with Gasteiger partial charge in [0.15, 0.2) is 0 Å². The van der Waals surface area contributed by atoms with Crippen LogP contribution < -0.4 is 0 Å². The summed E-state index contributed by atoms with van der Waals surface area (Å²) in [6.45, 7) is 0. The molecule has 0 spiro atoms. The van der Waals surface area contributed by atoms with Crippen LogP contribution >= 0.6 is 11.6 Å². The Balaban J connectivity index is 2.48. The predicted molar refractivity (Wildman–Crippen MR) is 62.7 cm³/mol. The average Bonchev–Trinajstić information content (AvgIpc) is 2.26. The van der Waals surface area contributed by atoms with E-state index in [2.05, 4.69) is 4.98 Å². The summed E-state index contributed by atoms with van der Waals surface area (Å²) in [5.41, 5.74) is 0.741. The number of rotatable bonds is 3. The van der Waals surface area contributed by atoms with E-state index in [1.54, 1.807) is 12.3 Å². The number of pyridine rings is 1. The molecule has 1 N–H and O–H groups in total. The molecule has 2 rings (SSSR count). The number of hydrogen-bond donors (Lipinski definition) is 1. The number of aromatic nitrogens is 1. The summed E-state index contributed by atoms with van der Waals surface area (Å²) in [7, 11) is 0. The number of aryl methyl sites for hydroxylation is 1. The smallest absolute Gasteiger partial charge is 0.303 e. The highest BCUT2D eigenvalue weighted by Gasteiger charge is 2.07. The highest BCUT2D eigenvalue weighted by molar-refractivity contribution is 6.35. The number of carboxylic acid groups (broad SMARTS) is 1. The van der Waals surface area contributed by atoms with E-state index < -0.39 is 5.97 Å². The van der Waals surface area contributed by atoms with Crippen molar-refractivity contribution in [2.75, 3.05) is 0 Å². The Kier molecular flexibility index (Phi) is 3.06. The molecule has 0 atom stereocenters. The van der Waals surface area contributed by atoms with E-state index in [0.717, 1.165) is 16.5 Å². The topological polar surface area (TPSA) is 50.2 Å². The number of benzene rings is 1. The first-order valence-electron chi connectivity index (χ1n) is 4.92. The molecular weight excluding hydrogens is 226 g/mol. The lowest BCUT2D eigenvalue weighted by molar-refractivity contribution is -0.136. The Labute approximate surface area is 97.7 Å². The van der Waals surface area contributed by atoms with Crippen LogP contribution in [0.2, 0.25) is 5.02 Å².